The smallest absolute Gasteiger partial charge is 0.490 e. The van der Waals surface area contributed by atoms with Gasteiger partial charge in [-0.25, -0.2) is 9.59 Å². The number of methoxy groups -OCH3 is 2. The van der Waals surface area contributed by atoms with E-state index in [9.17, 15) is 18.0 Å². The Morgan fingerprint density at radius 1 is 1.07 bits per heavy atom. The number of fused-ring (bicyclic) bond motifs is 1. The third-order valence-electron chi connectivity index (χ3n) is 8.09. The molecule has 4 rings (SSSR count). The summed E-state index contributed by atoms with van der Waals surface area (Å²) in [7, 11) is 5.57. The number of urea groups is 1. The standard InChI is InChI=1S/C28H39N3O3.C2HF3O2/c1-5-6-7-20-8-11-22(12-9-20)29-27(32)30-23-14-15-28(16-17-31(2)26(28)19-23)21-10-13-24(33-3)25(18-21)34-4;3-2(4,5)1(6)7/h8-13,18,23,26H,5-7,14-17,19H2,1-4H3,(H2,29,30,32);(H,6,7). The third-order valence-corrected chi connectivity index (χ3v) is 8.09. The van der Waals surface area contributed by atoms with Gasteiger partial charge in [-0.2, -0.15) is 13.2 Å². The van der Waals surface area contributed by atoms with Gasteiger partial charge in [-0.15, -0.1) is 0 Å². The maximum Gasteiger partial charge on any atom is 0.490 e. The largest absolute Gasteiger partial charge is 0.493 e. The van der Waals surface area contributed by atoms with E-state index in [1.807, 2.05) is 18.2 Å². The summed E-state index contributed by atoms with van der Waals surface area (Å²) in [6.07, 6.45) is 2.43. The molecule has 1 aliphatic heterocycles. The number of hydrogen-bond acceptors (Lipinski definition) is 5. The number of nitrogens with one attached hydrogen (secondary N) is 2. The number of rotatable bonds is 8. The van der Waals surface area contributed by atoms with Crippen LogP contribution in [0, 0.1) is 0 Å². The molecule has 2 aromatic rings. The highest BCUT2D eigenvalue weighted by Gasteiger charge is 2.50. The van der Waals surface area contributed by atoms with Crippen LogP contribution >= 0.6 is 0 Å². The van der Waals surface area contributed by atoms with E-state index in [1.54, 1.807) is 14.2 Å². The molecule has 0 aromatic heterocycles. The molecule has 0 bridgehead atoms. The van der Waals surface area contributed by atoms with Gasteiger partial charge >= 0.3 is 18.2 Å². The first-order chi connectivity index (χ1) is 19.4. The van der Waals surface area contributed by atoms with Crippen LogP contribution < -0.4 is 20.1 Å². The van der Waals surface area contributed by atoms with Gasteiger partial charge < -0.3 is 30.1 Å². The van der Waals surface area contributed by atoms with Crippen LogP contribution in [0.2, 0.25) is 0 Å². The van der Waals surface area contributed by atoms with E-state index in [4.69, 9.17) is 19.4 Å². The summed E-state index contributed by atoms with van der Waals surface area (Å²) in [4.78, 5) is 24.1. The summed E-state index contributed by atoms with van der Waals surface area (Å²) in [5.74, 6) is -1.22. The number of benzene rings is 2. The Bertz CT molecular complexity index is 1170. The first-order valence-corrected chi connectivity index (χ1v) is 13.8. The number of nitrogens with zero attached hydrogens (tertiary/aromatic N) is 1. The van der Waals surface area contributed by atoms with E-state index in [2.05, 4.69) is 53.8 Å². The number of aliphatic carboxylic acids is 1. The second-order valence-electron chi connectivity index (χ2n) is 10.6. The van der Waals surface area contributed by atoms with E-state index in [1.165, 1.54) is 24.0 Å². The number of anilines is 1. The van der Waals surface area contributed by atoms with Crippen molar-refractivity contribution in [2.75, 3.05) is 33.1 Å². The summed E-state index contributed by atoms with van der Waals surface area (Å²) in [5, 5.41) is 13.4. The van der Waals surface area contributed by atoms with Crippen molar-refractivity contribution in [2.45, 2.75) is 75.5 Å². The minimum atomic E-state index is -5.08. The molecule has 0 radical (unpaired) electrons. The lowest BCUT2D eigenvalue weighted by Gasteiger charge is -2.45. The number of likely N-dealkylation sites (tertiary alicyclic amines) is 1. The number of carbonyl (C=O) groups excluding carboxylic acids is 1. The van der Waals surface area contributed by atoms with Gasteiger partial charge in [0.25, 0.3) is 0 Å². The molecule has 8 nitrogen and oxygen atoms in total. The van der Waals surface area contributed by atoms with Gasteiger partial charge in [0.2, 0.25) is 0 Å². The number of unbranched alkanes of at least 4 members (excludes halogenated alkanes) is 1. The monoisotopic (exact) mass is 579 g/mol. The predicted octanol–water partition coefficient (Wildman–Crippen LogP) is 6.00. The highest BCUT2D eigenvalue weighted by Crippen LogP contribution is 2.49. The third kappa shape index (κ3) is 8.06. The van der Waals surface area contributed by atoms with Crippen molar-refractivity contribution in [2.24, 2.45) is 0 Å². The molecular weight excluding hydrogens is 539 g/mol. The Morgan fingerprint density at radius 2 is 1.73 bits per heavy atom. The number of alkyl halides is 3. The SMILES string of the molecule is CCCCc1ccc(NC(=O)NC2CCC3(c4ccc(OC)c(OC)c4)CCN(C)C3C2)cc1.O=C(O)C(F)(F)F. The number of halogens is 3. The van der Waals surface area contributed by atoms with E-state index >= 15 is 0 Å². The number of carboxylic acid groups (broad SMARTS) is 1. The van der Waals surface area contributed by atoms with Crippen LogP contribution in [0.5, 0.6) is 11.5 Å². The Balaban J connectivity index is 0.000000587. The van der Waals surface area contributed by atoms with E-state index < -0.39 is 12.1 Å². The van der Waals surface area contributed by atoms with Gasteiger partial charge in [0.05, 0.1) is 14.2 Å². The lowest BCUT2D eigenvalue weighted by atomic mass is 9.65. The van der Waals surface area contributed by atoms with Crippen LogP contribution in [-0.2, 0) is 16.6 Å². The number of carbonyl (C=O) groups is 2. The molecule has 2 fully saturated rings. The average Bonchev–Trinajstić information content (AvgIpc) is 3.28. The summed E-state index contributed by atoms with van der Waals surface area (Å²) in [6.45, 7) is 3.26. The first kappa shape index (κ1) is 32.0. The molecule has 41 heavy (non-hydrogen) atoms. The lowest BCUT2D eigenvalue weighted by molar-refractivity contribution is -0.192. The molecule has 1 saturated heterocycles. The van der Waals surface area contributed by atoms with Gasteiger partial charge in [0, 0.05) is 23.2 Å². The molecule has 2 aromatic carbocycles. The molecule has 3 unspecified atom stereocenters. The Hall–Kier alpha value is -3.47. The van der Waals surface area contributed by atoms with Gasteiger partial charge in [-0.3, -0.25) is 0 Å². The van der Waals surface area contributed by atoms with E-state index in [0.717, 1.165) is 55.8 Å². The van der Waals surface area contributed by atoms with Crippen molar-refractivity contribution in [1.29, 1.82) is 0 Å². The highest BCUT2D eigenvalue weighted by molar-refractivity contribution is 5.89. The fourth-order valence-electron chi connectivity index (χ4n) is 5.88. The van der Waals surface area contributed by atoms with Crippen LogP contribution in [0.4, 0.5) is 23.7 Å². The first-order valence-electron chi connectivity index (χ1n) is 13.8. The Kier molecular flexibility index (Phi) is 10.9. The lowest BCUT2D eigenvalue weighted by Crippen LogP contribution is -2.52. The maximum atomic E-state index is 12.7. The summed E-state index contributed by atoms with van der Waals surface area (Å²) in [5.41, 5.74) is 3.55. The number of carboxylic acids is 1. The average molecular weight is 580 g/mol. The molecule has 1 aliphatic carbocycles. The molecule has 1 saturated carbocycles. The molecule has 0 spiro atoms. The second-order valence-corrected chi connectivity index (χ2v) is 10.6. The molecule has 226 valence electrons. The second kappa shape index (κ2) is 13.9. The number of amides is 2. The molecule has 11 heteroatoms. The topological polar surface area (TPSA) is 100 Å². The fourth-order valence-corrected chi connectivity index (χ4v) is 5.88. The molecule has 1 heterocycles. The molecule has 3 N–H and O–H groups in total. The van der Waals surface area contributed by atoms with Crippen LogP contribution in [0.15, 0.2) is 42.5 Å². The Morgan fingerprint density at radius 3 is 2.32 bits per heavy atom. The molecular formula is C30H40F3N3O5. The van der Waals surface area contributed by atoms with Crippen molar-refractivity contribution >= 4 is 17.7 Å². The van der Waals surface area contributed by atoms with Crippen molar-refractivity contribution < 1.29 is 37.3 Å². The van der Waals surface area contributed by atoms with Crippen molar-refractivity contribution in [1.82, 2.24) is 10.2 Å². The maximum absolute atomic E-state index is 12.7. The zero-order valence-electron chi connectivity index (χ0n) is 24.0. The normalized spacial score (nSPS) is 22.1. The van der Waals surface area contributed by atoms with Gasteiger partial charge in [0.15, 0.2) is 11.5 Å². The van der Waals surface area contributed by atoms with Crippen molar-refractivity contribution in [3.8, 4) is 11.5 Å². The Labute approximate surface area is 239 Å². The van der Waals surface area contributed by atoms with Gasteiger partial charge in [-0.1, -0.05) is 31.5 Å². The summed E-state index contributed by atoms with van der Waals surface area (Å²) < 4.78 is 42.8. The van der Waals surface area contributed by atoms with Crippen LogP contribution in [-0.4, -0.2) is 68.1 Å². The minimum absolute atomic E-state index is 0.0806. The van der Waals surface area contributed by atoms with Crippen LogP contribution in [0.25, 0.3) is 0 Å². The highest BCUT2D eigenvalue weighted by atomic mass is 19.4. The molecule has 3 atom stereocenters. The zero-order valence-corrected chi connectivity index (χ0v) is 24.0. The number of hydrogen-bond donors (Lipinski definition) is 3. The number of ether oxygens (including phenoxy) is 2. The summed E-state index contributed by atoms with van der Waals surface area (Å²) >= 11 is 0. The molecule has 2 aliphatic rings. The summed E-state index contributed by atoms with van der Waals surface area (Å²) in [6, 6.07) is 15.0. The minimum Gasteiger partial charge on any atom is -0.493 e. The fraction of sp³-hybridized carbons (Fsp3) is 0.533. The quantitative estimate of drug-likeness (QED) is 0.355. The van der Waals surface area contributed by atoms with Crippen LogP contribution in [0.3, 0.4) is 0 Å². The number of likely N-dealkylation sites (N-methyl/N-ethyl adjacent to an activating group) is 1. The van der Waals surface area contributed by atoms with Crippen LogP contribution in [0.1, 0.15) is 56.6 Å². The molecule has 2 amide bonds. The van der Waals surface area contributed by atoms with Gasteiger partial charge in [-0.05, 0) is 87.5 Å². The zero-order chi connectivity index (χ0) is 30.2. The van der Waals surface area contributed by atoms with Gasteiger partial charge in [0.1, 0.15) is 0 Å². The van der Waals surface area contributed by atoms with Crippen molar-refractivity contribution in [3.05, 3.63) is 53.6 Å². The predicted molar refractivity (Wildman–Crippen MR) is 151 cm³/mol. The van der Waals surface area contributed by atoms with E-state index in [-0.39, 0.29) is 17.5 Å². The number of aryl methyl sites for hydroxylation is 1. The van der Waals surface area contributed by atoms with Crippen molar-refractivity contribution in [3.63, 3.8) is 0 Å². The van der Waals surface area contributed by atoms with E-state index in [0.29, 0.717) is 6.04 Å².